The first kappa shape index (κ1) is 21.7. The highest BCUT2D eigenvalue weighted by Gasteiger charge is 2.33. The van der Waals surface area contributed by atoms with Crippen molar-refractivity contribution in [1.82, 2.24) is 19.7 Å². The maximum absolute atomic E-state index is 13.2. The summed E-state index contributed by atoms with van der Waals surface area (Å²) in [6.07, 6.45) is 3.36. The molecule has 1 saturated heterocycles. The Hall–Kier alpha value is -2.02. The number of hydrogen-bond donors (Lipinski definition) is 0. The van der Waals surface area contributed by atoms with E-state index in [-0.39, 0.29) is 17.2 Å². The Morgan fingerprint density at radius 2 is 1.72 bits per heavy atom. The van der Waals surface area contributed by atoms with Crippen LogP contribution in [0.15, 0.2) is 29.4 Å². The lowest BCUT2D eigenvalue weighted by Gasteiger charge is -2.40. The predicted octanol–water partition coefficient (Wildman–Crippen LogP) is 4.80. The van der Waals surface area contributed by atoms with Crippen molar-refractivity contribution in [2.45, 2.75) is 82.4 Å². The van der Waals surface area contributed by atoms with Gasteiger partial charge in [-0.15, -0.1) is 10.2 Å². The van der Waals surface area contributed by atoms with Crippen LogP contribution >= 0.6 is 11.8 Å². The van der Waals surface area contributed by atoms with E-state index in [1.807, 2.05) is 31.2 Å². The van der Waals surface area contributed by atoms with Crippen LogP contribution in [0.2, 0.25) is 0 Å². The molecule has 7 heteroatoms. The number of likely N-dealkylation sites (tertiary alicyclic amines) is 1. The lowest BCUT2D eigenvalue weighted by atomic mass is 9.97. The Labute approximate surface area is 178 Å². The molecule has 1 aromatic carbocycles. The SMILES string of the molecule is COc1ccc(-c2nnc(S[C@H](C)C(=O)N3[C@H](C)CCC[C@@H]3C)n2C(C)C)cc1. The van der Waals surface area contributed by atoms with Crippen molar-refractivity contribution < 1.29 is 9.53 Å². The summed E-state index contributed by atoms with van der Waals surface area (Å²) in [5, 5.41) is 9.46. The maximum atomic E-state index is 13.2. The number of ether oxygens (including phenoxy) is 1. The van der Waals surface area contributed by atoms with Crippen molar-refractivity contribution in [1.29, 1.82) is 0 Å². The van der Waals surface area contributed by atoms with Gasteiger partial charge in [-0.05, 0) is 78.1 Å². The van der Waals surface area contributed by atoms with Gasteiger partial charge in [0, 0.05) is 23.7 Å². The molecule has 0 saturated carbocycles. The van der Waals surface area contributed by atoms with E-state index in [4.69, 9.17) is 4.74 Å². The fourth-order valence-corrected chi connectivity index (χ4v) is 5.07. The Morgan fingerprint density at radius 3 is 2.28 bits per heavy atom. The van der Waals surface area contributed by atoms with Gasteiger partial charge in [0.05, 0.1) is 12.4 Å². The molecule has 2 heterocycles. The molecule has 1 fully saturated rings. The average Bonchev–Trinajstić information content (AvgIpc) is 3.11. The van der Waals surface area contributed by atoms with Crippen LogP contribution in [0.4, 0.5) is 0 Å². The second-order valence-corrected chi connectivity index (χ2v) is 9.44. The van der Waals surface area contributed by atoms with E-state index in [0.29, 0.717) is 12.1 Å². The van der Waals surface area contributed by atoms with Gasteiger partial charge in [-0.2, -0.15) is 0 Å². The highest BCUT2D eigenvalue weighted by atomic mass is 32.2. The van der Waals surface area contributed by atoms with E-state index in [1.54, 1.807) is 7.11 Å². The molecular weight excluding hydrogens is 384 g/mol. The molecule has 1 aliphatic rings. The topological polar surface area (TPSA) is 60.3 Å². The molecule has 3 rings (SSSR count). The van der Waals surface area contributed by atoms with Gasteiger partial charge < -0.3 is 9.64 Å². The number of methoxy groups -OCH3 is 1. The second kappa shape index (κ2) is 9.20. The minimum Gasteiger partial charge on any atom is -0.497 e. The van der Waals surface area contributed by atoms with Gasteiger partial charge in [0.2, 0.25) is 5.91 Å². The van der Waals surface area contributed by atoms with Gasteiger partial charge in [0.15, 0.2) is 11.0 Å². The molecule has 1 amide bonds. The summed E-state index contributed by atoms with van der Waals surface area (Å²) in [7, 11) is 1.66. The third-order valence-electron chi connectivity index (χ3n) is 5.61. The van der Waals surface area contributed by atoms with E-state index in [2.05, 4.69) is 47.4 Å². The number of hydrogen-bond acceptors (Lipinski definition) is 5. The fraction of sp³-hybridized carbons (Fsp3) is 0.591. The molecule has 0 N–H and O–H groups in total. The molecule has 1 aromatic heterocycles. The number of carbonyl (C=O) groups excluding carboxylic acids is 1. The lowest BCUT2D eigenvalue weighted by molar-refractivity contribution is -0.136. The highest BCUT2D eigenvalue weighted by molar-refractivity contribution is 8.00. The molecule has 0 bridgehead atoms. The van der Waals surface area contributed by atoms with Crippen molar-refractivity contribution >= 4 is 17.7 Å². The van der Waals surface area contributed by atoms with E-state index in [0.717, 1.165) is 35.1 Å². The summed E-state index contributed by atoms with van der Waals surface area (Å²) in [4.78, 5) is 15.3. The smallest absolute Gasteiger partial charge is 0.236 e. The largest absolute Gasteiger partial charge is 0.497 e. The third-order valence-corrected chi connectivity index (χ3v) is 6.65. The second-order valence-electron chi connectivity index (χ2n) is 8.13. The average molecular weight is 417 g/mol. The number of aromatic nitrogens is 3. The van der Waals surface area contributed by atoms with Crippen LogP contribution in [0, 0.1) is 0 Å². The maximum Gasteiger partial charge on any atom is 0.236 e. The summed E-state index contributed by atoms with van der Waals surface area (Å²) in [6.45, 7) is 10.5. The number of thioether (sulfide) groups is 1. The van der Waals surface area contributed by atoms with Gasteiger partial charge in [-0.1, -0.05) is 11.8 Å². The van der Waals surface area contributed by atoms with E-state index >= 15 is 0 Å². The Balaban J connectivity index is 1.83. The monoisotopic (exact) mass is 416 g/mol. The lowest BCUT2D eigenvalue weighted by Crippen LogP contribution is -2.50. The minimum absolute atomic E-state index is 0.180. The number of carbonyl (C=O) groups is 1. The standard InChI is InChI=1S/C22H32N4O2S/c1-14(2)25-20(18-10-12-19(28-6)13-11-18)23-24-22(25)29-17(5)21(27)26-15(3)8-7-9-16(26)4/h10-17H,7-9H2,1-6H3/t15-,16+,17-/m1/s1. The first-order chi connectivity index (χ1) is 13.8. The zero-order valence-corrected chi connectivity index (χ0v) is 19.1. The normalized spacial score (nSPS) is 20.7. The number of piperidine rings is 1. The molecule has 1 aliphatic heterocycles. The van der Waals surface area contributed by atoms with Crippen LogP contribution in [0.5, 0.6) is 5.75 Å². The van der Waals surface area contributed by atoms with Gasteiger partial charge in [-0.3, -0.25) is 9.36 Å². The fourth-order valence-electron chi connectivity index (χ4n) is 4.03. The summed E-state index contributed by atoms with van der Waals surface area (Å²) in [6, 6.07) is 8.60. The minimum atomic E-state index is -0.205. The number of rotatable bonds is 6. The molecule has 0 radical (unpaired) electrons. The van der Waals surface area contributed by atoms with Crippen LogP contribution in [0.25, 0.3) is 11.4 Å². The first-order valence-electron chi connectivity index (χ1n) is 10.4. The highest BCUT2D eigenvalue weighted by Crippen LogP contribution is 2.33. The molecule has 0 spiro atoms. The molecule has 0 unspecified atom stereocenters. The third kappa shape index (κ3) is 4.60. The van der Waals surface area contributed by atoms with Crippen LogP contribution in [-0.2, 0) is 4.79 Å². The zero-order chi connectivity index (χ0) is 21.1. The molecular formula is C22H32N4O2S. The van der Waals surface area contributed by atoms with Crippen LogP contribution in [0.3, 0.4) is 0 Å². The molecule has 6 nitrogen and oxygen atoms in total. The predicted molar refractivity (Wildman–Crippen MR) is 117 cm³/mol. The van der Waals surface area contributed by atoms with Gasteiger partial charge in [-0.25, -0.2) is 0 Å². The number of benzene rings is 1. The van der Waals surface area contributed by atoms with Gasteiger partial charge >= 0.3 is 0 Å². The van der Waals surface area contributed by atoms with Crippen LogP contribution in [-0.4, -0.2) is 50.0 Å². The molecule has 0 aliphatic carbocycles. The Kier molecular flexibility index (Phi) is 6.88. The zero-order valence-electron chi connectivity index (χ0n) is 18.3. The molecule has 3 atom stereocenters. The van der Waals surface area contributed by atoms with Crippen molar-refractivity contribution in [2.75, 3.05) is 7.11 Å². The number of nitrogens with zero attached hydrogens (tertiary/aromatic N) is 4. The van der Waals surface area contributed by atoms with Gasteiger partial charge in [0.1, 0.15) is 5.75 Å². The molecule has 2 aromatic rings. The summed E-state index contributed by atoms with van der Waals surface area (Å²) in [5.41, 5.74) is 0.983. The van der Waals surface area contributed by atoms with Crippen LogP contribution < -0.4 is 4.74 Å². The Morgan fingerprint density at radius 1 is 1.10 bits per heavy atom. The van der Waals surface area contributed by atoms with E-state index in [1.165, 1.54) is 18.2 Å². The van der Waals surface area contributed by atoms with Crippen LogP contribution in [0.1, 0.15) is 59.9 Å². The van der Waals surface area contributed by atoms with Crippen molar-refractivity contribution in [3.8, 4) is 17.1 Å². The van der Waals surface area contributed by atoms with Crippen molar-refractivity contribution in [3.63, 3.8) is 0 Å². The van der Waals surface area contributed by atoms with E-state index < -0.39 is 0 Å². The van der Waals surface area contributed by atoms with Crippen molar-refractivity contribution in [3.05, 3.63) is 24.3 Å². The number of amides is 1. The van der Waals surface area contributed by atoms with Crippen molar-refractivity contribution in [2.24, 2.45) is 0 Å². The van der Waals surface area contributed by atoms with Gasteiger partial charge in [0.25, 0.3) is 0 Å². The quantitative estimate of drug-likeness (QED) is 0.633. The molecule has 29 heavy (non-hydrogen) atoms. The summed E-state index contributed by atoms with van der Waals surface area (Å²) >= 11 is 1.50. The Bertz CT molecular complexity index is 824. The first-order valence-corrected chi connectivity index (χ1v) is 11.3. The summed E-state index contributed by atoms with van der Waals surface area (Å²) in [5.74, 6) is 1.81. The summed E-state index contributed by atoms with van der Waals surface area (Å²) < 4.78 is 7.36. The molecule has 158 valence electrons. The van der Waals surface area contributed by atoms with E-state index in [9.17, 15) is 4.79 Å².